The molecule has 1 aromatic carbocycles. The first kappa shape index (κ1) is 15.6. The van der Waals surface area contributed by atoms with Gasteiger partial charge in [0.2, 0.25) is 8.32 Å². The van der Waals surface area contributed by atoms with Gasteiger partial charge in [-0.3, -0.25) is 0 Å². The Morgan fingerprint density at radius 3 is 2.28 bits per heavy atom. The monoisotopic (exact) mass is 253 g/mol. The van der Waals surface area contributed by atoms with Crippen molar-refractivity contribution < 1.29 is 4.43 Å². The summed E-state index contributed by atoms with van der Waals surface area (Å²) in [5.41, 5.74) is 2.71. The largest absolute Gasteiger partial charge is 0.546 e. The average Bonchev–Trinajstić information content (AvgIpc) is 2.56. The molecule has 0 saturated carbocycles. The number of benzene rings is 1. The number of allylic oxidation sites excluding steroid dienone is 1. The van der Waals surface area contributed by atoms with E-state index in [1.54, 1.807) is 0 Å². The molecule has 93 valence electrons. The fraction of sp³-hybridized carbons (Fsp3) is 0.467. The molecule has 1 aliphatic rings. The number of rotatable bonds is 2. The fourth-order valence-corrected chi connectivity index (χ4v) is 2.89. The minimum Gasteiger partial charge on any atom is -0.546 e. The van der Waals surface area contributed by atoms with Crippen LogP contribution in [0.1, 0.15) is 31.9 Å². The second-order valence-corrected chi connectivity index (χ2v) is 11.1. The zero-order valence-electron chi connectivity index (χ0n) is 12.5. The Hall–Kier alpha value is -0.426. The van der Waals surface area contributed by atoms with Gasteiger partial charge in [0.15, 0.2) is 0 Å². The molecule has 2 rings (SSSR count). The Labute approximate surface area is 124 Å². The molecule has 0 saturated heterocycles. The molecule has 1 aromatic rings. The quantitative estimate of drug-likeness (QED) is 0.717. The Morgan fingerprint density at radius 1 is 1.11 bits per heavy atom. The van der Waals surface area contributed by atoms with E-state index < -0.39 is 8.32 Å². The summed E-state index contributed by atoms with van der Waals surface area (Å²) in [6, 6.07) is 8.54. The SMILES string of the molecule is CC(C)(C)[Si](C)(C)OC1=Cc2ccccc2C1.[Li]. The molecule has 0 bridgehead atoms. The van der Waals surface area contributed by atoms with E-state index in [-0.39, 0.29) is 23.9 Å². The van der Waals surface area contributed by atoms with E-state index in [4.69, 9.17) is 4.43 Å². The Balaban J connectivity index is 0.00000162. The molecule has 0 amide bonds. The van der Waals surface area contributed by atoms with Crippen LogP contribution in [0.15, 0.2) is 30.0 Å². The third-order valence-corrected chi connectivity index (χ3v) is 8.31. The van der Waals surface area contributed by atoms with E-state index in [2.05, 4.69) is 64.2 Å². The van der Waals surface area contributed by atoms with Crippen molar-refractivity contribution in [3.05, 3.63) is 41.2 Å². The smallest absolute Gasteiger partial charge is 0.250 e. The van der Waals surface area contributed by atoms with Gasteiger partial charge >= 0.3 is 0 Å². The zero-order valence-corrected chi connectivity index (χ0v) is 13.5. The molecule has 3 heteroatoms. The first-order valence-electron chi connectivity index (χ1n) is 6.27. The average molecular weight is 253 g/mol. The molecule has 0 unspecified atom stereocenters. The third kappa shape index (κ3) is 3.12. The summed E-state index contributed by atoms with van der Waals surface area (Å²) < 4.78 is 6.35. The van der Waals surface area contributed by atoms with Crippen molar-refractivity contribution in [3.8, 4) is 0 Å². The predicted molar refractivity (Wildman–Crippen MR) is 82.2 cm³/mol. The van der Waals surface area contributed by atoms with Crippen molar-refractivity contribution in [2.45, 2.75) is 45.3 Å². The standard InChI is InChI=1S/C15H22OSi.Li/c1-15(2,3)17(4,5)16-14-10-12-8-6-7-9-13(12)11-14;/h6-10H,11H2,1-5H3;. The van der Waals surface area contributed by atoms with Crippen LogP contribution in [0.4, 0.5) is 0 Å². The van der Waals surface area contributed by atoms with Gasteiger partial charge in [0.25, 0.3) is 0 Å². The summed E-state index contributed by atoms with van der Waals surface area (Å²) in [7, 11) is -1.68. The van der Waals surface area contributed by atoms with Crippen molar-refractivity contribution >= 4 is 33.3 Å². The summed E-state index contributed by atoms with van der Waals surface area (Å²) >= 11 is 0. The van der Waals surface area contributed by atoms with E-state index in [0.717, 1.165) is 12.2 Å². The van der Waals surface area contributed by atoms with Crippen LogP contribution in [0.3, 0.4) is 0 Å². The minimum absolute atomic E-state index is 0. The van der Waals surface area contributed by atoms with Crippen LogP contribution in [0.2, 0.25) is 18.1 Å². The maximum atomic E-state index is 6.35. The summed E-state index contributed by atoms with van der Waals surface area (Å²) in [4.78, 5) is 0. The van der Waals surface area contributed by atoms with E-state index >= 15 is 0 Å². The van der Waals surface area contributed by atoms with Gasteiger partial charge in [-0.25, -0.2) is 0 Å². The van der Waals surface area contributed by atoms with Crippen LogP contribution in [0.25, 0.3) is 6.08 Å². The molecular weight excluding hydrogens is 231 g/mol. The van der Waals surface area contributed by atoms with Crippen LogP contribution in [0.5, 0.6) is 0 Å². The number of hydrogen-bond donors (Lipinski definition) is 0. The van der Waals surface area contributed by atoms with Crippen LogP contribution in [-0.4, -0.2) is 27.2 Å². The van der Waals surface area contributed by atoms with Gasteiger partial charge < -0.3 is 4.43 Å². The molecule has 0 aromatic heterocycles. The van der Waals surface area contributed by atoms with Gasteiger partial charge in [-0.15, -0.1) is 0 Å². The van der Waals surface area contributed by atoms with Crippen LogP contribution in [-0.2, 0) is 10.8 Å². The van der Waals surface area contributed by atoms with Crippen molar-refractivity contribution in [3.63, 3.8) is 0 Å². The number of fused-ring (bicyclic) bond motifs is 1. The van der Waals surface area contributed by atoms with E-state index in [1.807, 2.05) is 0 Å². The molecule has 0 heterocycles. The summed E-state index contributed by atoms with van der Waals surface area (Å²) in [5.74, 6) is 1.15. The van der Waals surface area contributed by atoms with Crippen molar-refractivity contribution in [1.82, 2.24) is 0 Å². The van der Waals surface area contributed by atoms with Crippen LogP contribution >= 0.6 is 0 Å². The molecule has 18 heavy (non-hydrogen) atoms. The van der Waals surface area contributed by atoms with E-state index in [9.17, 15) is 0 Å². The van der Waals surface area contributed by atoms with Crippen LogP contribution in [0, 0.1) is 0 Å². The molecule has 0 fully saturated rings. The molecule has 0 spiro atoms. The van der Waals surface area contributed by atoms with Crippen molar-refractivity contribution in [1.29, 1.82) is 0 Å². The summed E-state index contributed by atoms with van der Waals surface area (Å²) in [6.07, 6.45) is 3.17. The van der Waals surface area contributed by atoms with Crippen molar-refractivity contribution in [2.75, 3.05) is 0 Å². The first-order valence-corrected chi connectivity index (χ1v) is 9.18. The summed E-state index contributed by atoms with van der Waals surface area (Å²) in [6.45, 7) is 11.4. The van der Waals surface area contributed by atoms with E-state index in [0.29, 0.717) is 0 Å². The first-order chi connectivity index (χ1) is 7.79. The van der Waals surface area contributed by atoms with Gasteiger partial charge in [0.05, 0.1) is 5.76 Å². The van der Waals surface area contributed by atoms with Gasteiger partial charge in [0, 0.05) is 25.3 Å². The van der Waals surface area contributed by atoms with Crippen molar-refractivity contribution in [2.24, 2.45) is 0 Å². The normalized spacial score (nSPS) is 14.6. The second-order valence-electron chi connectivity index (χ2n) is 6.35. The Bertz CT molecular complexity index is 458. The molecule has 0 aliphatic heterocycles. The summed E-state index contributed by atoms with van der Waals surface area (Å²) in [5, 5.41) is 0.266. The molecule has 1 radical (unpaired) electrons. The van der Waals surface area contributed by atoms with Gasteiger partial charge in [-0.2, -0.15) is 0 Å². The molecular formula is C15H22LiOSi. The Kier molecular flexibility index (Phi) is 4.59. The topological polar surface area (TPSA) is 9.23 Å². The van der Waals surface area contributed by atoms with Gasteiger partial charge in [-0.05, 0) is 35.3 Å². The van der Waals surface area contributed by atoms with Gasteiger partial charge in [-0.1, -0.05) is 45.0 Å². The van der Waals surface area contributed by atoms with Gasteiger partial charge in [0.1, 0.15) is 0 Å². The minimum atomic E-state index is -1.68. The van der Waals surface area contributed by atoms with Crippen LogP contribution < -0.4 is 0 Å². The third-order valence-electron chi connectivity index (χ3n) is 3.93. The molecule has 0 N–H and O–H groups in total. The predicted octanol–water partition coefficient (Wildman–Crippen LogP) is 4.22. The Morgan fingerprint density at radius 2 is 1.72 bits per heavy atom. The fourth-order valence-electron chi connectivity index (χ4n) is 1.79. The van der Waals surface area contributed by atoms with E-state index in [1.165, 1.54) is 11.1 Å². The zero-order chi connectivity index (χ0) is 12.7. The maximum absolute atomic E-state index is 6.35. The molecule has 0 atom stereocenters. The maximum Gasteiger partial charge on any atom is 0.250 e. The second kappa shape index (κ2) is 5.29. The molecule has 1 nitrogen and oxygen atoms in total. The number of hydrogen-bond acceptors (Lipinski definition) is 1. The molecule has 1 aliphatic carbocycles.